The Morgan fingerprint density at radius 3 is 2.21 bits per heavy atom. The van der Waals surface area contributed by atoms with Crippen LogP contribution in [0.2, 0.25) is 0 Å². The van der Waals surface area contributed by atoms with Crippen LogP contribution in [0.3, 0.4) is 0 Å². The van der Waals surface area contributed by atoms with Gasteiger partial charge < -0.3 is 15.2 Å². The normalized spacial score (nSPS) is 13.8. The third-order valence-corrected chi connectivity index (χ3v) is 6.17. The average Bonchev–Trinajstić information content (AvgIpc) is 3.16. The van der Waals surface area contributed by atoms with Crippen molar-refractivity contribution in [3.63, 3.8) is 0 Å². The van der Waals surface area contributed by atoms with Gasteiger partial charge in [-0.1, -0.05) is 55.5 Å². The summed E-state index contributed by atoms with van der Waals surface area (Å²) in [5.41, 5.74) is 2.98. The number of amides is 2. The van der Waals surface area contributed by atoms with Crippen LogP contribution in [0.1, 0.15) is 47.8 Å². The average molecular weight is 460 g/mol. The van der Waals surface area contributed by atoms with Crippen molar-refractivity contribution in [2.45, 2.75) is 31.7 Å². The van der Waals surface area contributed by atoms with Crippen molar-refractivity contribution in [1.82, 2.24) is 10.3 Å². The summed E-state index contributed by atoms with van der Waals surface area (Å²) in [5, 5.41) is 14.5. The number of aromatic nitrogens is 1. The molecule has 1 heterocycles. The number of pyridine rings is 1. The first-order valence-electron chi connectivity index (χ1n) is 11.0. The van der Waals surface area contributed by atoms with Crippen LogP contribution in [0.25, 0.3) is 11.1 Å². The van der Waals surface area contributed by atoms with Crippen LogP contribution >= 0.6 is 0 Å². The van der Waals surface area contributed by atoms with Gasteiger partial charge in [0.1, 0.15) is 12.1 Å². The molecule has 0 spiro atoms. The lowest BCUT2D eigenvalue weighted by atomic mass is 9.98. The summed E-state index contributed by atoms with van der Waals surface area (Å²) >= 11 is 0. The number of anilines is 1. The molecule has 0 saturated carbocycles. The van der Waals surface area contributed by atoms with E-state index in [1.54, 1.807) is 13.0 Å². The van der Waals surface area contributed by atoms with E-state index in [0.717, 1.165) is 22.3 Å². The van der Waals surface area contributed by atoms with E-state index in [1.165, 1.54) is 19.2 Å². The van der Waals surface area contributed by atoms with Gasteiger partial charge >= 0.3 is 12.1 Å². The predicted octanol–water partition coefficient (Wildman–Crippen LogP) is 4.43. The maximum Gasteiger partial charge on any atom is 0.411 e. The van der Waals surface area contributed by atoms with E-state index in [9.17, 15) is 19.5 Å². The molecule has 1 atom stereocenters. The number of carbonyl (C=O) groups excluding carboxylic acids is 2. The molecular weight excluding hydrogens is 434 g/mol. The molecule has 8 nitrogen and oxygen atoms in total. The van der Waals surface area contributed by atoms with Crippen molar-refractivity contribution in [3.8, 4) is 11.1 Å². The van der Waals surface area contributed by atoms with Gasteiger partial charge in [-0.3, -0.25) is 10.1 Å². The lowest BCUT2D eigenvalue weighted by molar-refractivity contribution is -0.143. The fourth-order valence-corrected chi connectivity index (χ4v) is 4.03. The highest BCUT2D eigenvalue weighted by atomic mass is 16.5. The molecule has 8 heteroatoms. The molecule has 1 aliphatic rings. The van der Waals surface area contributed by atoms with Gasteiger partial charge in [-0.15, -0.1) is 0 Å². The van der Waals surface area contributed by atoms with Crippen LogP contribution in [0.5, 0.6) is 0 Å². The van der Waals surface area contributed by atoms with Crippen molar-refractivity contribution in [3.05, 3.63) is 83.7 Å². The SMILES string of the molecule is CCC(C)(NC(=O)c1ncccc1NC(=O)OCC1c2ccccc2-c2ccccc21)C(=O)O. The van der Waals surface area contributed by atoms with Gasteiger partial charge in [0.25, 0.3) is 5.91 Å². The summed E-state index contributed by atoms with van der Waals surface area (Å²) in [6, 6.07) is 19.1. The first kappa shape index (κ1) is 23.0. The first-order chi connectivity index (χ1) is 16.3. The largest absolute Gasteiger partial charge is 0.480 e. The molecule has 2 amide bonds. The van der Waals surface area contributed by atoms with Gasteiger partial charge in [0.05, 0.1) is 5.69 Å². The minimum absolute atomic E-state index is 0.100. The van der Waals surface area contributed by atoms with Crippen molar-refractivity contribution in [2.24, 2.45) is 0 Å². The van der Waals surface area contributed by atoms with Gasteiger partial charge in [-0.05, 0) is 47.7 Å². The number of benzene rings is 2. The number of nitrogens with zero attached hydrogens (tertiary/aromatic N) is 1. The summed E-state index contributed by atoms with van der Waals surface area (Å²) in [4.78, 5) is 40.9. The molecule has 1 aliphatic carbocycles. The number of ether oxygens (including phenoxy) is 1. The second-order valence-electron chi connectivity index (χ2n) is 8.30. The third kappa shape index (κ3) is 4.34. The molecule has 1 unspecified atom stereocenters. The van der Waals surface area contributed by atoms with Crippen LogP contribution in [-0.2, 0) is 9.53 Å². The van der Waals surface area contributed by atoms with E-state index in [2.05, 4.69) is 27.8 Å². The predicted molar refractivity (Wildman–Crippen MR) is 127 cm³/mol. The number of nitrogens with one attached hydrogen (secondary N) is 2. The fourth-order valence-electron chi connectivity index (χ4n) is 4.03. The summed E-state index contributed by atoms with van der Waals surface area (Å²) in [5.74, 6) is -1.97. The number of carbonyl (C=O) groups is 3. The highest BCUT2D eigenvalue weighted by Gasteiger charge is 2.34. The van der Waals surface area contributed by atoms with Crippen molar-refractivity contribution in [1.29, 1.82) is 0 Å². The molecule has 34 heavy (non-hydrogen) atoms. The Labute approximate surface area is 197 Å². The lowest BCUT2D eigenvalue weighted by Gasteiger charge is -2.24. The van der Waals surface area contributed by atoms with Crippen LogP contribution in [0, 0.1) is 0 Å². The zero-order valence-corrected chi connectivity index (χ0v) is 18.9. The molecule has 0 radical (unpaired) electrons. The fraction of sp³-hybridized carbons (Fsp3) is 0.231. The van der Waals surface area contributed by atoms with Crippen molar-refractivity contribution in [2.75, 3.05) is 11.9 Å². The smallest absolute Gasteiger partial charge is 0.411 e. The highest BCUT2D eigenvalue weighted by molar-refractivity contribution is 6.02. The number of carboxylic acids is 1. The van der Waals surface area contributed by atoms with Gasteiger partial charge in [-0.25, -0.2) is 14.6 Å². The van der Waals surface area contributed by atoms with Gasteiger partial charge in [0.15, 0.2) is 5.69 Å². The summed E-state index contributed by atoms with van der Waals surface area (Å²) in [6.07, 6.45) is 0.832. The number of aliphatic carboxylic acids is 1. The Hall–Kier alpha value is -4.20. The third-order valence-electron chi connectivity index (χ3n) is 6.17. The number of hydrogen-bond donors (Lipinski definition) is 3. The maximum atomic E-state index is 12.7. The molecule has 3 N–H and O–H groups in total. The van der Waals surface area contributed by atoms with E-state index in [-0.39, 0.29) is 30.3 Å². The summed E-state index contributed by atoms with van der Waals surface area (Å²) < 4.78 is 5.54. The minimum Gasteiger partial charge on any atom is -0.480 e. The van der Waals surface area contributed by atoms with E-state index in [0.29, 0.717) is 0 Å². The van der Waals surface area contributed by atoms with E-state index < -0.39 is 23.5 Å². The highest BCUT2D eigenvalue weighted by Crippen LogP contribution is 2.44. The lowest BCUT2D eigenvalue weighted by Crippen LogP contribution is -2.52. The Morgan fingerprint density at radius 2 is 1.62 bits per heavy atom. The second-order valence-corrected chi connectivity index (χ2v) is 8.30. The summed E-state index contributed by atoms with van der Waals surface area (Å²) in [6.45, 7) is 3.19. The molecule has 174 valence electrons. The molecule has 0 fully saturated rings. The number of fused-ring (bicyclic) bond motifs is 3. The van der Waals surface area contributed by atoms with Crippen LogP contribution in [0.4, 0.5) is 10.5 Å². The maximum absolute atomic E-state index is 12.7. The molecule has 3 aromatic rings. The van der Waals surface area contributed by atoms with Crippen LogP contribution in [-0.4, -0.2) is 40.2 Å². The van der Waals surface area contributed by atoms with Gasteiger partial charge in [0, 0.05) is 12.1 Å². The number of carboxylic acid groups (broad SMARTS) is 1. The van der Waals surface area contributed by atoms with E-state index in [4.69, 9.17) is 4.74 Å². The monoisotopic (exact) mass is 459 g/mol. The van der Waals surface area contributed by atoms with Crippen molar-refractivity contribution < 1.29 is 24.2 Å². The zero-order chi connectivity index (χ0) is 24.3. The number of rotatable bonds is 7. The Bertz CT molecular complexity index is 1210. The topological polar surface area (TPSA) is 118 Å². The van der Waals surface area contributed by atoms with Crippen molar-refractivity contribution >= 4 is 23.7 Å². The molecule has 2 aromatic carbocycles. The van der Waals surface area contributed by atoms with Gasteiger partial charge in [-0.2, -0.15) is 0 Å². The molecular formula is C26H25N3O5. The quantitative estimate of drug-likeness (QED) is 0.481. The molecule has 0 aliphatic heterocycles. The standard InChI is InChI=1S/C26H25N3O5/c1-3-26(2,24(31)32)29-23(30)22-21(13-8-14-27-22)28-25(33)34-15-20-18-11-6-4-9-16(18)17-10-5-7-12-19(17)20/h4-14,20H,3,15H2,1-2H3,(H,28,33)(H,29,30)(H,31,32). The van der Waals surface area contributed by atoms with E-state index in [1.807, 2.05) is 36.4 Å². The van der Waals surface area contributed by atoms with Gasteiger partial charge in [0.2, 0.25) is 0 Å². The van der Waals surface area contributed by atoms with E-state index >= 15 is 0 Å². The number of hydrogen-bond acceptors (Lipinski definition) is 5. The Balaban J connectivity index is 1.47. The molecule has 4 rings (SSSR count). The Morgan fingerprint density at radius 1 is 1.00 bits per heavy atom. The van der Waals surface area contributed by atoms with Crippen LogP contribution in [0.15, 0.2) is 66.9 Å². The molecule has 0 bridgehead atoms. The zero-order valence-electron chi connectivity index (χ0n) is 18.9. The van der Waals surface area contributed by atoms with Crippen LogP contribution < -0.4 is 10.6 Å². The summed E-state index contributed by atoms with van der Waals surface area (Å²) in [7, 11) is 0. The second kappa shape index (κ2) is 9.35. The first-order valence-corrected chi connectivity index (χ1v) is 11.0. The minimum atomic E-state index is -1.46. The Kier molecular flexibility index (Phi) is 6.32. The molecule has 1 aromatic heterocycles. The molecule has 0 saturated heterocycles.